The van der Waals surface area contributed by atoms with Crippen LogP contribution in [0.5, 0.6) is 0 Å². The molecule has 1 aromatic heterocycles. The van der Waals surface area contributed by atoms with Gasteiger partial charge in [-0.3, -0.25) is 9.88 Å². The van der Waals surface area contributed by atoms with Gasteiger partial charge in [0.15, 0.2) is 0 Å². The van der Waals surface area contributed by atoms with Crippen LogP contribution in [0.2, 0.25) is 0 Å². The summed E-state index contributed by atoms with van der Waals surface area (Å²) in [4.78, 5) is 14.0. The predicted molar refractivity (Wildman–Crippen MR) is 79.8 cm³/mol. The van der Waals surface area contributed by atoms with Crippen LogP contribution in [-0.2, 0) is 0 Å². The second-order valence-electron chi connectivity index (χ2n) is 6.73. The van der Waals surface area contributed by atoms with E-state index in [2.05, 4.69) is 26.7 Å². The average Bonchev–Trinajstić information content (AvgIpc) is 3.11. The van der Waals surface area contributed by atoms with E-state index >= 15 is 0 Å². The minimum absolute atomic E-state index is 0.888. The van der Waals surface area contributed by atoms with E-state index in [4.69, 9.17) is 0 Å². The summed E-state index contributed by atoms with van der Waals surface area (Å²) < 4.78 is 0. The van der Waals surface area contributed by atoms with Gasteiger partial charge in [-0.1, -0.05) is 6.42 Å². The molecule has 0 N–H and O–H groups in total. The largest absolute Gasteiger partial charge is 0.353 e. The van der Waals surface area contributed by atoms with Gasteiger partial charge in [0.2, 0.25) is 0 Å². The molecule has 4 rings (SSSR count). The molecule has 4 heteroatoms. The van der Waals surface area contributed by atoms with E-state index in [9.17, 15) is 0 Å². The van der Waals surface area contributed by atoms with Crippen LogP contribution in [0.3, 0.4) is 0 Å². The molecule has 2 heterocycles. The first kappa shape index (κ1) is 12.6. The molecule has 3 aliphatic rings. The molecule has 0 unspecified atom stereocenters. The van der Waals surface area contributed by atoms with Gasteiger partial charge < -0.3 is 4.90 Å². The minimum atomic E-state index is 0.888. The Bertz CT molecular complexity index is 481. The normalized spacial score (nSPS) is 33.9. The molecule has 2 bridgehead atoms. The minimum Gasteiger partial charge on any atom is -0.353 e. The van der Waals surface area contributed by atoms with Crippen LogP contribution >= 0.6 is 0 Å². The monoisotopic (exact) mass is 272 g/mol. The van der Waals surface area contributed by atoms with Crippen LogP contribution in [0.1, 0.15) is 31.4 Å². The third-order valence-electron chi connectivity index (χ3n) is 5.64. The van der Waals surface area contributed by atoms with E-state index < -0.39 is 0 Å². The van der Waals surface area contributed by atoms with E-state index in [1.54, 1.807) is 6.20 Å². The third-order valence-corrected chi connectivity index (χ3v) is 5.64. The summed E-state index contributed by atoms with van der Waals surface area (Å²) in [6.07, 6.45) is 9.55. The van der Waals surface area contributed by atoms with Gasteiger partial charge in [-0.25, -0.2) is 4.98 Å². The van der Waals surface area contributed by atoms with Crippen LogP contribution in [-0.4, -0.2) is 47.1 Å². The molecule has 0 radical (unpaired) electrons. The van der Waals surface area contributed by atoms with Crippen molar-refractivity contribution in [3.05, 3.63) is 18.1 Å². The number of anilines is 1. The summed E-state index contributed by atoms with van der Waals surface area (Å²) >= 11 is 0. The van der Waals surface area contributed by atoms with Crippen molar-refractivity contribution >= 4 is 5.82 Å². The van der Waals surface area contributed by atoms with Crippen molar-refractivity contribution in [3.63, 3.8) is 0 Å². The topological polar surface area (TPSA) is 32.3 Å². The highest BCUT2D eigenvalue weighted by atomic mass is 15.3. The van der Waals surface area contributed by atoms with Crippen molar-refractivity contribution in [1.82, 2.24) is 14.9 Å². The second kappa shape index (κ2) is 4.99. The molecule has 4 nitrogen and oxygen atoms in total. The first-order valence-electron chi connectivity index (χ1n) is 8.08. The lowest BCUT2D eigenvalue weighted by atomic mass is 9.93. The van der Waals surface area contributed by atoms with Gasteiger partial charge in [0, 0.05) is 44.6 Å². The van der Waals surface area contributed by atoms with Crippen molar-refractivity contribution in [3.8, 4) is 0 Å². The molecule has 2 aliphatic carbocycles. The zero-order chi connectivity index (χ0) is 13.5. The summed E-state index contributed by atoms with van der Waals surface area (Å²) in [5.74, 6) is 3.13. The van der Waals surface area contributed by atoms with Crippen LogP contribution in [0.15, 0.2) is 12.4 Å². The maximum absolute atomic E-state index is 4.51. The van der Waals surface area contributed by atoms with E-state index in [0.717, 1.165) is 42.5 Å². The maximum atomic E-state index is 4.51. The number of fused-ring (bicyclic) bond motifs is 2. The number of nitrogens with zero attached hydrogens (tertiary/aromatic N) is 4. The third kappa shape index (κ3) is 2.10. The summed E-state index contributed by atoms with van der Waals surface area (Å²) in [6, 6.07) is 0.888. The summed E-state index contributed by atoms with van der Waals surface area (Å²) in [6.45, 7) is 6.67. The Balaban J connectivity index is 1.40. The lowest BCUT2D eigenvalue weighted by Crippen LogP contribution is -2.52. The standard InChI is InChI=1S/C16H24N4/c1-12-16(18-5-4-17-12)20-8-6-19(7-9-20)15-11-13-2-3-14(15)10-13/h4-5,13-15H,2-3,6-11H2,1H3/t13-,14-,15+/m0/s1. The zero-order valence-electron chi connectivity index (χ0n) is 12.3. The highest BCUT2D eigenvalue weighted by Gasteiger charge is 2.42. The van der Waals surface area contributed by atoms with Gasteiger partial charge in [0.25, 0.3) is 0 Å². The Hall–Kier alpha value is -1.16. The molecule has 0 amide bonds. The first-order chi connectivity index (χ1) is 9.81. The quantitative estimate of drug-likeness (QED) is 0.825. The number of hydrogen-bond acceptors (Lipinski definition) is 4. The Morgan fingerprint density at radius 1 is 1.00 bits per heavy atom. The van der Waals surface area contributed by atoms with Gasteiger partial charge >= 0.3 is 0 Å². The molecular formula is C16H24N4. The second-order valence-corrected chi connectivity index (χ2v) is 6.73. The molecule has 2 saturated carbocycles. The van der Waals surface area contributed by atoms with Crippen LogP contribution in [0.4, 0.5) is 5.82 Å². The molecular weight excluding hydrogens is 248 g/mol. The summed E-state index contributed by atoms with van der Waals surface area (Å²) in [5, 5.41) is 0. The van der Waals surface area contributed by atoms with Gasteiger partial charge in [0.05, 0.1) is 5.69 Å². The molecule has 20 heavy (non-hydrogen) atoms. The van der Waals surface area contributed by atoms with E-state index in [1.807, 2.05) is 6.20 Å². The summed E-state index contributed by atoms with van der Waals surface area (Å²) in [7, 11) is 0. The molecule has 0 aromatic carbocycles. The summed E-state index contributed by atoms with van der Waals surface area (Å²) in [5.41, 5.74) is 1.06. The molecule has 0 spiro atoms. The Morgan fingerprint density at radius 2 is 1.80 bits per heavy atom. The number of aromatic nitrogens is 2. The van der Waals surface area contributed by atoms with Crippen molar-refractivity contribution in [2.45, 2.75) is 38.6 Å². The van der Waals surface area contributed by atoms with Gasteiger partial charge in [-0.2, -0.15) is 0 Å². The number of rotatable bonds is 2. The SMILES string of the molecule is Cc1nccnc1N1CCN([C@@H]2C[C@H]3CC[C@H]2C3)CC1. The predicted octanol–water partition coefficient (Wildman–Crippen LogP) is 2.10. The fourth-order valence-electron chi connectivity index (χ4n) is 4.63. The maximum Gasteiger partial charge on any atom is 0.150 e. The first-order valence-corrected chi connectivity index (χ1v) is 8.08. The van der Waals surface area contributed by atoms with Crippen molar-refractivity contribution in [2.24, 2.45) is 11.8 Å². The van der Waals surface area contributed by atoms with E-state index in [1.165, 1.54) is 38.8 Å². The van der Waals surface area contributed by atoms with Gasteiger partial charge in [-0.05, 0) is 38.0 Å². The highest BCUT2D eigenvalue weighted by Crippen LogP contribution is 2.46. The van der Waals surface area contributed by atoms with Crippen molar-refractivity contribution in [2.75, 3.05) is 31.1 Å². The molecule has 108 valence electrons. The Morgan fingerprint density at radius 3 is 2.45 bits per heavy atom. The lowest BCUT2D eigenvalue weighted by molar-refractivity contribution is 0.134. The van der Waals surface area contributed by atoms with Crippen molar-refractivity contribution < 1.29 is 0 Å². The van der Waals surface area contributed by atoms with Gasteiger partial charge in [0.1, 0.15) is 5.82 Å². The van der Waals surface area contributed by atoms with Crippen LogP contribution < -0.4 is 4.90 Å². The van der Waals surface area contributed by atoms with Gasteiger partial charge in [-0.15, -0.1) is 0 Å². The number of piperazine rings is 1. The molecule has 1 aliphatic heterocycles. The molecule has 1 saturated heterocycles. The molecule has 3 atom stereocenters. The molecule has 3 fully saturated rings. The smallest absolute Gasteiger partial charge is 0.150 e. The fraction of sp³-hybridized carbons (Fsp3) is 0.750. The average molecular weight is 272 g/mol. The highest BCUT2D eigenvalue weighted by molar-refractivity contribution is 5.42. The zero-order valence-corrected chi connectivity index (χ0v) is 12.3. The molecule has 1 aromatic rings. The fourth-order valence-corrected chi connectivity index (χ4v) is 4.63. The number of hydrogen-bond donors (Lipinski definition) is 0. The lowest BCUT2D eigenvalue weighted by Gasteiger charge is -2.41. The van der Waals surface area contributed by atoms with Crippen molar-refractivity contribution in [1.29, 1.82) is 0 Å². The van der Waals surface area contributed by atoms with E-state index in [0.29, 0.717) is 0 Å². The van der Waals surface area contributed by atoms with E-state index in [-0.39, 0.29) is 0 Å². The number of aryl methyl sites for hydroxylation is 1. The Labute approximate surface area is 121 Å². The van der Waals surface area contributed by atoms with Crippen LogP contribution in [0.25, 0.3) is 0 Å². The van der Waals surface area contributed by atoms with Crippen LogP contribution in [0, 0.1) is 18.8 Å². The Kier molecular flexibility index (Phi) is 3.14.